The monoisotopic (exact) mass is 344 g/mol. The molecule has 0 bridgehead atoms. The van der Waals surface area contributed by atoms with Crippen molar-refractivity contribution in [2.75, 3.05) is 0 Å². The van der Waals surface area contributed by atoms with Crippen LogP contribution in [0.25, 0.3) is 11.9 Å². The highest BCUT2D eigenvalue weighted by molar-refractivity contribution is 9.10. The van der Waals surface area contributed by atoms with Crippen molar-refractivity contribution in [2.24, 2.45) is 0 Å². The molecular weight excluding hydrogens is 336 g/mol. The molecule has 0 unspecified atom stereocenters. The molecule has 2 rings (SSSR count). The first-order chi connectivity index (χ1) is 9.38. The van der Waals surface area contributed by atoms with Gasteiger partial charge in [0, 0.05) is 10.0 Å². The number of hydrogen-bond donors (Lipinski definition) is 0. The SMILES string of the molecule is FC(=Cc1ccccc1)c1ccc(Br)c(C(F)(F)F)c1. The Kier molecular flexibility index (Phi) is 4.28. The minimum atomic E-state index is -4.53. The summed E-state index contributed by atoms with van der Waals surface area (Å²) in [6, 6.07) is 11.8. The molecule has 0 atom stereocenters. The van der Waals surface area contributed by atoms with Gasteiger partial charge in [-0.05, 0) is 23.8 Å². The fraction of sp³-hybridized carbons (Fsp3) is 0.0667. The van der Waals surface area contributed by atoms with Crippen molar-refractivity contribution in [3.63, 3.8) is 0 Å². The zero-order valence-corrected chi connectivity index (χ0v) is 11.7. The summed E-state index contributed by atoms with van der Waals surface area (Å²) in [7, 11) is 0. The smallest absolute Gasteiger partial charge is 0.206 e. The van der Waals surface area contributed by atoms with E-state index in [1.54, 1.807) is 30.3 Å². The highest BCUT2D eigenvalue weighted by Crippen LogP contribution is 2.36. The Labute approximate surface area is 121 Å². The van der Waals surface area contributed by atoms with E-state index in [4.69, 9.17) is 0 Å². The molecule has 0 saturated heterocycles. The van der Waals surface area contributed by atoms with Crippen LogP contribution in [0.4, 0.5) is 17.6 Å². The summed E-state index contributed by atoms with van der Waals surface area (Å²) < 4.78 is 52.1. The Hall–Kier alpha value is -1.62. The number of benzene rings is 2. The Balaban J connectivity index is 2.41. The van der Waals surface area contributed by atoms with Crippen molar-refractivity contribution in [1.29, 1.82) is 0 Å². The van der Waals surface area contributed by atoms with Crippen LogP contribution in [-0.2, 0) is 6.18 Å². The van der Waals surface area contributed by atoms with Gasteiger partial charge in [0.1, 0.15) is 5.83 Å². The molecule has 0 aliphatic carbocycles. The van der Waals surface area contributed by atoms with Gasteiger partial charge in [-0.2, -0.15) is 13.2 Å². The summed E-state index contributed by atoms with van der Waals surface area (Å²) in [5.74, 6) is -0.714. The lowest BCUT2D eigenvalue weighted by molar-refractivity contribution is -0.138. The van der Waals surface area contributed by atoms with E-state index in [-0.39, 0.29) is 10.0 Å². The summed E-state index contributed by atoms with van der Waals surface area (Å²) in [6.45, 7) is 0. The third kappa shape index (κ3) is 3.48. The van der Waals surface area contributed by atoms with Crippen molar-refractivity contribution in [3.05, 3.63) is 69.7 Å². The highest BCUT2D eigenvalue weighted by Gasteiger charge is 2.33. The Bertz CT molecular complexity index is 630. The zero-order valence-electron chi connectivity index (χ0n) is 10.1. The van der Waals surface area contributed by atoms with E-state index < -0.39 is 17.6 Å². The van der Waals surface area contributed by atoms with Crippen molar-refractivity contribution in [1.82, 2.24) is 0 Å². The first kappa shape index (κ1) is 14.8. The molecule has 2 aromatic carbocycles. The fourth-order valence-electron chi connectivity index (χ4n) is 1.67. The Morgan fingerprint density at radius 2 is 1.65 bits per heavy atom. The second-order valence-electron chi connectivity index (χ2n) is 4.10. The van der Waals surface area contributed by atoms with Crippen LogP contribution < -0.4 is 0 Å². The largest absolute Gasteiger partial charge is 0.417 e. The van der Waals surface area contributed by atoms with Crippen LogP contribution in [-0.4, -0.2) is 0 Å². The van der Waals surface area contributed by atoms with Gasteiger partial charge in [-0.15, -0.1) is 0 Å². The van der Waals surface area contributed by atoms with Crippen LogP contribution in [0.15, 0.2) is 53.0 Å². The van der Waals surface area contributed by atoms with Crippen molar-refractivity contribution in [2.45, 2.75) is 6.18 Å². The molecule has 0 nitrogen and oxygen atoms in total. The van der Waals surface area contributed by atoms with Gasteiger partial charge in [0.15, 0.2) is 0 Å². The molecule has 0 amide bonds. The predicted molar refractivity (Wildman–Crippen MR) is 74.6 cm³/mol. The predicted octanol–water partition coefficient (Wildman–Crippen LogP) is 5.94. The third-order valence-corrected chi connectivity index (χ3v) is 3.33. The summed E-state index contributed by atoms with van der Waals surface area (Å²) in [5, 5.41) is 0. The maximum absolute atomic E-state index is 14.0. The third-order valence-electron chi connectivity index (χ3n) is 2.64. The fourth-order valence-corrected chi connectivity index (χ4v) is 2.14. The first-order valence-electron chi connectivity index (χ1n) is 5.67. The average Bonchev–Trinajstić information content (AvgIpc) is 2.39. The van der Waals surface area contributed by atoms with Gasteiger partial charge in [0.2, 0.25) is 0 Å². The van der Waals surface area contributed by atoms with E-state index in [9.17, 15) is 17.6 Å². The molecule has 5 heteroatoms. The van der Waals surface area contributed by atoms with Crippen LogP contribution in [0.5, 0.6) is 0 Å². The van der Waals surface area contributed by atoms with Crippen LogP contribution in [0, 0.1) is 0 Å². The average molecular weight is 345 g/mol. The van der Waals surface area contributed by atoms with Crippen LogP contribution in [0.1, 0.15) is 16.7 Å². The van der Waals surface area contributed by atoms with Crippen molar-refractivity contribution < 1.29 is 17.6 Å². The zero-order chi connectivity index (χ0) is 14.8. The molecule has 0 radical (unpaired) electrons. The van der Waals surface area contributed by atoms with Gasteiger partial charge >= 0.3 is 6.18 Å². The van der Waals surface area contributed by atoms with E-state index >= 15 is 0 Å². The Morgan fingerprint density at radius 1 is 1.00 bits per heavy atom. The Morgan fingerprint density at radius 3 is 2.25 bits per heavy atom. The van der Waals surface area contributed by atoms with Gasteiger partial charge in [-0.1, -0.05) is 52.3 Å². The second kappa shape index (κ2) is 5.79. The van der Waals surface area contributed by atoms with E-state index in [0.29, 0.717) is 5.56 Å². The molecule has 0 heterocycles. The molecule has 0 N–H and O–H groups in total. The van der Waals surface area contributed by atoms with E-state index in [0.717, 1.165) is 6.07 Å². The summed E-state index contributed by atoms with van der Waals surface area (Å²) >= 11 is 2.82. The van der Waals surface area contributed by atoms with Crippen LogP contribution in [0.2, 0.25) is 0 Å². The molecule has 20 heavy (non-hydrogen) atoms. The summed E-state index contributed by atoms with van der Waals surface area (Å²) in [6.07, 6.45) is -3.33. The lowest BCUT2D eigenvalue weighted by Crippen LogP contribution is -2.06. The molecular formula is C15H9BrF4. The topological polar surface area (TPSA) is 0 Å². The molecule has 0 aliphatic heterocycles. The van der Waals surface area contributed by atoms with Crippen molar-refractivity contribution in [3.8, 4) is 0 Å². The molecule has 104 valence electrons. The molecule has 0 aromatic heterocycles. The van der Waals surface area contributed by atoms with E-state index in [1.165, 1.54) is 18.2 Å². The van der Waals surface area contributed by atoms with E-state index in [2.05, 4.69) is 15.9 Å². The quantitative estimate of drug-likeness (QED) is 0.467. The maximum Gasteiger partial charge on any atom is 0.417 e. The van der Waals surface area contributed by atoms with Gasteiger partial charge in [0.05, 0.1) is 5.56 Å². The van der Waals surface area contributed by atoms with Crippen molar-refractivity contribution >= 4 is 27.8 Å². The van der Waals surface area contributed by atoms with E-state index in [1.807, 2.05) is 0 Å². The maximum atomic E-state index is 14.0. The van der Waals surface area contributed by atoms with Crippen LogP contribution in [0.3, 0.4) is 0 Å². The van der Waals surface area contributed by atoms with Gasteiger partial charge in [-0.25, -0.2) is 4.39 Å². The number of halogens is 5. The minimum absolute atomic E-state index is 0.107. The van der Waals surface area contributed by atoms with Gasteiger partial charge in [0.25, 0.3) is 0 Å². The molecule has 2 aromatic rings. The molecule has 0 aliphatic rings. The van der Waals surface area contributed by atoms with Gasteiger partial charge < -0.3 is 0 Å². The molecule has 0 saturated carbocycles. The standard InChI is InChI=1S/C15H9BrF4/c16-13-7-6-11(9-12(13)15(18,19)20)14(17)8-10-4-2-1-3-5-10/h1-9H. The highest BCUT2D eigenvalue weighted by atomic mass is 79.9. The molecule has 0 fully saturated rings. The lowest BCUT2D eigenvalue weighted by Gasteiger charge is -2.10. The van der Waals surface area contributed by atoms with Crippen LogP contribution >= 0.6 is 15.9 Å². The number of hydrogen-bond acceptors (Lipinski definition) is 0. The lowest BCUT2D eigenvalue weighted by atomic mass is 10.1. The number of alkyl halides is 3. The summed E-state index contributed by atoms with van der Waals surface area (Å²) in [4.78, 5) is 0. The minimum Gasteiger partial charge on any atom is -0.206 e. The first-order valence-corrected chi connectivity index (χ1v) is 6.46. The normalized spacial score (nSPS) is 12.6. The second-order valence-corrected chi connectivity index (χ2v) is 4.95. The number of rotatable bonds is 2. The molecule has 0 spiro atoms. The van der Waals surface area contributed by atoms with Gasteiger partial charge in [-0.3, -0.25) is 0 Å². The summed E-state index contributed by atoms with van der Waals surface area (Å²) in [5.41, 5.74) is -0.419.